The molecule has 2 saturated heterocycles. The smallest absolute Gasteiger partial charge is 0.247 e. The van der Waals surface area contributed by atoms with E-state index in [1.165, 1.54) is 11.8 Å². The number of hydrogen-bond acceptors (Lipinski definition) is 6. The van der Waals surface area contributed by atoms with Crippen molar-refractivity contribution in [3.8, 4) is 5.75 Å². The molecule has 0 aromatic heterocycles. The molecule has 0 unspecified atom stereocenters. The molecule has 8 nitrogen and oxygen atoms in total. The van der Waals surface area contributed by atoms with Crippen LogP contribution >= 0.6 is 11.8 Å². The fraction of sp³-hybridized carbons (Fsp3) is 0.423. The Hall–Kier alpha value is -3.20. The lowest BCUT2D eigenvalue weighted by Gasteiger charge is -2.40. The lowest BCUT2D eigenvalue weighted by atomic mass is 9.94. The van der Waals surface area contributed by atoms with E-state index in [2.05, 4.69) is 16.3 Å². The molecular weight excluding hydrogens is 464 g/mol. The molecule has 184 valence electrons. The van der Waals surface area contributed by atoms with Crippen LogP contribution in [0.15, 0.2) is 53.4 Å². The van der Waals surface area contributed by atoms with Crippen molar-refractivity contribution in [2.75, 3.05) is 56.6 Å². The largest absolute Gasteiger partial charge is 0.497 e. The first kappa shape index (κ1) is 23.5. The van der Waals surface area contributed by atoms with Crippen molar-refractivity contribution in [1.29, 1.82) is 0 Å². The van der Waals surface area contributed by atoms with Gasteiger partial charge in [-0.3, -0.25) is 14.4 Å². The molecule has 5 rings (SSSR count). The quantitative estimate of drug-likeness (QED) is 0.659. The molecule has 3 heterocycles. The van der Waals surface area contributed by atoms with E-state index in [1.54, 1.807) is 12.0 Å². The molecule has 9 heteroatoms. The van der Waals surface area contributed by atoms with Gasteiger partial charge >= 0.3 is 0 Å². The van der Waals surface area contributed by atoms with Crippen LogP contribution in [0.2, 0.25) is 0 Å². The van der Waals surface area contributed by atoms with Gasteiger partial charge in [0.05, 0.1) is 12.8 Å². The summed E-state index contributed by atoms with van der Waals surface area (Å²) in [5.41, 5.74) is 1.86. The van der Waals surface area contributed by atoms with Crippen LogP contribution in [0.25, 0.3) is 0 Å². The van der Waals surface area contributed by atoms with Crippen LogP contribution in [0.1, 0.15) is 12.8 Å². The third kappa shape index (κ3) is 4.96. The third-order valence-electron chi connectivity index (χ3n) is 7.02. The molecule has 3 aliphatic heterocycles. The van der Waals surface area contributed by atoms with Crippen molar-refractivity contribution in [3.63, 3.8) is 0 Å². The number of nitrogens with zero attached hydrogens (tertiary/aromatic N) is 3. The van der Waals surface area contributed by atoms with Crippen molar-refractivity contribution >= 4 is 40.9 Å². The maximum atomic E-state index is 13.2. The molecule has 2 aromatic rings. The monoisotopic (exact) mass is 494 g/mol. The van der Waals surface area contributed by atoms with Gasteiger partial charge in [0.15, 0.2) is 5.25 Å². The molecule has 3 amide bonds. The normalized spacial score (nSPS) is 20.8. The van der Waals surface area contributed by atoms with E-state index < -0.39 is 5.25 Å². The number of anilines is 2. The SMILES string of the molecule is COc1cccc(N2CCN(C(=O)C3CCN(C(=O)[C@H]4Sc5ccccc5NC4=O)CC3)CC2)c1. The van der Waals surface area contributed by atoms with Crippen molar-refractivity contribution in [2.24, 2.45) is 5.92 Å². The number of piperidine rings is 1. The standard InChI is InChI=1S/C26H30N4O4S/c1-34-20-6-4-5-19(17-20)28-13-15-30(16-14-28)25(32)18-9-11-29(12-10-18)26(33)23-24(31)27-21-7-2-3-8-22(21)35-23/h2-8,17-18,23H,9-16H2,1H3,(H,27,31)/t23-/m0/s1. The van der Waals surface area contributed by atoms with Gasteiger partial charge < -0.3 is 24.8 Å². The number of rotatable bonds is 4. The maximum Gasteiger partial charge on any atom is 0.247 e. The Bertz CT molecular complexity index is 1110. The number of methoxy groups -OCH3 is 1. The van der Waals surface area contributed by atoms with Gasteiger partial charge in [-0.25, -0.2) is 0 Å². The summed E-state index contributed by atoms with van der Waals surface area (Å²) in [6.45, 7) is 3.95. The molecule has 0 aliphatic carbocycles. The van der Waals surface area contributed by atoms with Gasteiger partial charge in [-0.15, -0.1) is 11.8 Å². The van der Waals surface area contributed by atoms with Gasteiger partial charge in [0, 0.05) is 61.8 Å². The molecule has 1 atom stereocenters. The van der Waals surface area contributed by atoms with E-state index in [-0.39, 0.29) is 23.6 Å². The van der Waals surface area contributed by atoms with Gasteiger partial charge in [0.25, 0.3) is 0 Å². The molecule has 35 heavy (non-hydrogen) atoms. The second-order valence-corrected chi connectivity index (χ2v) is 10.2. The third-order valence-corrected chi connectivity index (χ3v) is 8.28. The van der Waals surface area contributed by atoms with Crippen LogP contribution in [0, 0.1) is 5.92 Å². The summed E-state index contributed by atoms with van der Waals surface area (Å²) in [7, 11) is 1.66. The maximum absolute atomic E-state index is 13.2. The number of para-hydroxylation sites is 1. The van der Waals surface area contributed by atoms with Crippen LogP contribution in [0.3, 0.4) is 0 Å². The van der Waals surface area contributed by atoms with Gasteiger partial charge in [-0.05, 0) is 37.1 Å². The van der Waals surface area contributed by atoms with E-state index in [9.17, 15) is 14.4 Å². The highest BCUT2D eigenvalue weighted by molar-refractivity contribution is 8.01. The minimum Gasteiger partial charge on any atom is -0.497 e. The minimum absolute atomic E-state index is 0.0732. The Balaban J connectivity index is 1.12. The Kier molecular flexibility index (Phi) is 6.86. The van der Waals surface area contributed by atoms with Crippen LogP contribution in [-0.4, -0.2) is 79.1 Å². The van der Waals surface area contributed by atoms with Crippen molar-refractivity contribution in [2.45, 2.75) is 23.0 Å². The van der Waals surface area contributed by atoms with Gasteiger partial charge in [0.1, 0.15) is 5.75 Å². The zero-order valence-electron chi connectivity index (χ0n) is 19.8. The number of likely N-dealkylation sites (tertiary alicyclic amines) is 1. The predicted molar refractivity (Wildman–Crippen MR) is 136 cm³/mol. The molecule has 0 saturated carbocycles. The summed E-state index contributed by atoms with van der Waals surface area (Å²) in [4.78, 5) is 45.7. The predicted octanol–water partition coefficient (Wildman–Crippen LogP) is 2.70. The van der Waals surface area contributed by atoms with E-state index in [4.69, 9.17) is 4.74 Å². The number of carbonyl (C=O) groups excluding carboxylic acids is 3. The molecule has 1 N–H and O–H groups in total. The lowest BCUT2D eigenvalue weighted by Crippen LogP contribution is -2.53. The summed E-state index contributed by atoms with van der Waals surface area (Å²) >= 11 is 1.31. The highest BCUT2D eigenvalue weighted by atomic mass is 32.2. The number of carbonyl (C=O) groups is 3. The molecule has 2 fully saturated rings. The molecule has 2 aromatic carbocycles. The van der Waals surface area contributed by atoms with Crippen LogP contribution in [0.5, 0.6) is 5.75 Å². The number of benzene rings is 2. The Labute approximate surface area is 209 Å². The molecular formula is C26H30N4O4S. The summed E-state index contributed by atoms with van der Waals surface area (Å²) < 4.78 is 5.33. The summed E-state index contributed by atoms with van der Waals surface area (Å²) in [6.07, 6.45) is 1.27. The van der Waals surface area contributed by atoms with Crippen LogP contribution in [-0.2, 0) is 14.4 Å². The van der Waals surface area contributed by atoms with Gasteiger partial charge in [-0.2, -0.15) is 0 Å². The Morgan fingerprint density at radius 3 is 2.37 bits per heavy atom. The summed E-state index contributed by atoms with van der Waals surface area (Å²) in [5, 5.41) is 2.07. The summed E-state index contributed by atoms with van der Waals surface area (Å²) in [6, 6.07) is 15.5. The first-order valence-corrected chi connectivity index (χ1v) is 12.9. The zero-order valence-corrected chi connectivity index (χ0v) is 20.6. The van der Waals surface area contributed by atoms with Crippen molar-refractivity contribution in [3.05, 3.63) is 48.5 Å². The minimum atomic E-state index is -0.776. The molecule has 0 bridgehead atoms. The zero-order chi connectivity index (χ0) is 24.4. The van der Waals surface area contributed by atoms with Crippen LogP contribution in [0.4, 0.5) is 11.4 Å². The van der Waals surface area contributed by atoms with E-state index in [0.717, 1.165) is 35.1 Å². The number of amides is 3. The number of piperazine rings is 1. The topological polar surface area (TPSA) is 82.2 Å². The first-order chi connectivity index (χ1) is 17.0. The average molecular weight is 495 g/mol. The van der Waals surface area contributed by atoms with E-state index in [0.29, 0.717) is 39.0 Å². The second kappa shape index (κ2) is 10.2. The van der Waals surface area contributed by atoms with Gasteiger partial charge in [-0.1, -0.05) is 18.2 Å². The Morgan fingerprint density at radius 2 is 1.63 bits per heavy atom. The molecule has 0 spiro atoms. The molecule has 0 radical (unpaired) electrons. The highest BCUT2D eigenvalue weighted by Gasteiger charge is 2.38. The highest BCUT2D eigenvalue weighted by Crippen LogP contribution is 2.36. The fourth-order valence-corrected chi connectivity index (χ4v) is 6.05. The Morgan fingerprint density at radius 1 is 0.914 bits per heavy atom. The number of hydrogen-bond donors (Lipinski definition) is 1. The lowest BCUT2D eigenvalue weighted by molar-refractivity contribution is -0.141. The number of ether oxygens (including phenoxy) is 1. The fourth-order valence-electron chi connectivity index (χ4n) is 4.98. The average Bonchev–Trinajstić information content (AvgIpc) is 2.92. The first-order valence-electron chi connectivity index (χ1n) is 12.1. The number of fused-ring (bicyclic) bond motifs is 1. The van der Waals surface area contributed by atoms with E-state index in [1.807, 2.05) is 47.4 Å². The van der Waals surface area contributed by atoms with Gasteiger partial charge in [0.2, 0.25) is 17.7 Å². The number of thioether (sulfide) groups is 1. The van der Waals surface area contributed by atoms with E-state index >= 15 is 0 Å². The number of nitrogens with one attached hydrogen (secondary N) is 1. The van der Waals surface area contributed by atoms with Crippen molar-refractivity contribution in [1.82, 2.24) is 9.80 Å². The second-order valence-electron chi connectivity index (χ2n) is 9.10. The molecule has 3 aliphatic rings. The van der Waals surface area contributed by atoms with Crippen LogP contribution < -0.4 is 15.0 Å². The van der Waals surface area contributed by atoms with Crippen molar-refractivity contribution < 1.29 is 19.1 Å². The summed E-state index contributed by atoms with van der Waals surface area (Å²) in [5.74, 6) is 0.498.